The summed E-state index contributed by atoms with van der Waals surface area (Å²) in [6, 6.07) is 4.70. The number of rotatable bonds is 5. The molecule has 1 aromatic carbocycles. The zero-order valence-electron chi connectivity index (χ0n) is 14.0. The van der Waals surface area contributed by atoms with Crippen LogP contribution >= 0.6 is 0 Å². The third-order valence-electron chi connectivity index (χ3n) is 4.35. The number of hydrogen-bond donors (Lipinski definition) is 1. The lowest BCUT2D eigenvalue weighted by Crippen LogP contribution is -2.37. The van der Waals surface area contributed by atoms with Gasteiger partial charge in [-0.2, -0.15) is 0 Å². The van der Waals surface area contributed by atoms with Gasteiger partial charge in [-0.05, 0) is 49.9 Å². The Morgan fingerprint density at radius 1 is 1.29 bits per heavy atom. The van der Waals surface area contributed by atoms with Crippen LogP contribution in [0.4, 0.5) is 0 Å². The van der Waals surface area contributed by atoms with Crippen molar-refractivity contribution in [1.29, 1.82) is 0 Å². The first-order chi connectivity index (χ1) is 9.92. The van der Waals surface area contributed by atoms with Crippen LogP contribution in [0.1, 0.15) is 48.6 Å². The summed E-state index contributed by atoms with van der Waals surface area (Å²) in [4.78, 5) is 14.1. The van der Waals surface area contributed by atoms with Gasteiger partial charge in [-0.15, -0.1) is 0 Å². The van der Waals surface area contributed by atoms with Crippen LogP contribution in [0.5, 0.6) is 0 Å². The normalized spacial score (nSPS) is 20.1. The Balaban J connectivity index is 2.25. The molecule has 0 spiro atoms. The fourth-order valence-electron chi connectivity index (χ4n) is 3.61. The number of likely N-dealkylation sites (N-methyl/N-ethyl adjacent to an activating group) is 1. The van der Waals surface area contributed by atoms with Gasteiger partial charge in [-0.25, -0.2) is 0 Å². The quantitative estimate of drug-likeness (QED) is 0.903. The predicted octanol–water partition coefficient (Wildman–Crippen LogP) is 3.13. The third-order valence-corrected chi connectivity index (χ3v) is 4.35. The average molecular weight is 288 g/mol. The Kier molecular flexibility index (Phi) is 5.04. The van der Waals surface area contributed by atoms with Crippen molar-refractivity contribution >= 4 is 5.91 Å². The van der Waals surface area contributed by atoms with Crippen molar-refractivity contribution in [3.05, 3.63) is 34.4 Å². The molecule has 1 N–H and O–H groups in total. The van der Waals surface area contributed by atoms with Crippen LogP contribution in [-0.4, -0.2) is 30.4 Å². The molecule has 1 aliphatic rings. The van der Waals surface area contributed by atoms with Crippen molar-refractivity contribution in [1.82, 2.24) is 10.2 Å². The zero-order valence-corrected chi connectivity index (χ0v) is 14.0. The molecular formula is C18H28N2O. The fraction of sp³-hybridized carbons (Fsp3) is 0.611. The number of carbonyl (C=O) groups is 1. The molecule has 1 amide bonds. The van der Waals surface area contributed by atoms with Crippen LogP contribution in [0.15, 0.2) is 12.1 Å². The summed E-state index contributed by atoms with van der Waals surface area (Å²) >= 11 is 0. The Hall–Kier alpha value is -1.35. The highest BCUT2D eigenvalue weighted by Crippen LogP contribution is 2.27. The summed E-state index contributed by atoms with van der Waals surface area (Å²) in [6.07, 6.45) is 0.699. The van der Waals surface area contributed by atoms with Gasteiger partial charge < -0.3 is 10.2 Å². The molecule has 2 rings (SSSR count). The van der Waals surface area contributed by atoms with Gasteiger partial charge >= 0.3 is 0 Å². The first-order valence-corrected chi connectivity index (χ1v) is 8.01. The Morgan fingerprint density at radius 3 is 2.38 bits per heavy atom. The van der Waals surface area contributed by atoms with Gasteiger partial charge in [0.05, 0.1) is 6.04 Å². The number of nitrogens with one attached hydrogen (secondary N) is 1. The average Bonchev–Trinajstić information content (AvgIpc) is 2.66. The summed E-state index contributed by atoms with van der Waals surface area (Å²) in [7, 11) is 0. The van der Waals surface area contributed by atoms with Crippen molar-refractivity contribution in [2.45, 2.75) is 47.1 Å². The summed E-state index contributed by atoms with van der Waals surface area (Å²) in [5, 5.41) is 3.57. The highest BCUT2D eigenvalue weighted by Gasteiger charge is 2.29. The molecule has 0 radical (unpaired) electrons. The van der Waals surface area contributed by atoms with Gasteiger partial charge in [0.25, 0.3) is 0 Å². The molecule has 1 fully saturated rings. The maximum absolute atomic E-state index is 12.1. The van der Waals surface area contributed by atoms with E-state index in [-0.39, 0.29) is 6.04 Å². The van der Waals surface area contributed by atoms with E-state index in [4.69, 9.17) is 0 Å². The number of likely N-dealkylation sites (tertiary alicyclic amines) is 1. The molecular weight excluding hydrogens is 260 g/mol. The lowest BCUT2D eigenvalue weighted by atomic mass is 9.93. The van der Waals surface area contributed by atoms with Crippen LogP contribution in [0.3, 0.4) is 0 Å². The molecule has 0 saturated carbocycles. The molecule has 3 nitrogen and oxygen atoms in total. The number of carbonyl (C=O) groups excluding carboxylic acids is 1. The van der Waals surface area contributed by atoms with E-state index in [2.05, 4.69) is 52.1 Å². The summed E-state index contributed by atoms with van der Waals surface area (Å²) in [5.41, 5.74) is 5.29. The molecule has 0 aromatic heterocycles. The summed E-state index contributed by atoms with van der Waals surface area (Å²) < 4.78 is 0. The van der Waals surface area contributed by atoms with Crippen LogP contribution in [0.2, 0.25) is 0 Å². The standard InChI is InChI=1S/C18H28N2O/c1-6-19-16(11-20-10-13(3)9-17(20)21)18-14(4)7-12(2)8-15(18)5/h7-8,13,16,19H,6,9-11H2,1-5H3. The van der Waals surface area contributed by atoms with Crippen LogP contribution < -0.4 is 5.32 Å². The SMILES string of the molecule is CCNC(CN1CC(C)CC1=O)c1c(C)cc(C)cc1C. The van der Waals surface area contributed by atoms with E-state index < -0.39 is 0 Å². The molecule has 1 aromatic rings. The lowest BCUT2D eigenvalue weighted by molar-refractivity contribution is -0.128. The Labute approximate surface area is 128 Å². The van der Waals surface area contributed by atoms with E-state index in [9.17, 15) is 4.79 Å². The molecule has 1 saturated heterocycles. The Bertz CT molecular complexity index is 501. The van der Waals surface area contributed by atoms with Crippen molar-refractivity contribution in [2.75, 3.05) is 19.6 Å². The van der Waals surface area contributed by atoms with E-state index in [0.717, 1.165) is 19.6 Å². The number of aryl methyl sites for hydroxylation is 3. The second kappa shape index (κ2) is 6.61. The zero-order chi connectivity index (χ0) is 15.6. The van der Waals surface area contributed by atoms with Gasteiger partial charge in [0.2, 0.25) is 5.91 Å². The maximum atomic E-state index is 12.1. The van der Waals surface area contributed by atoms with E-state index in [0.29, 0.717) is 18.2 Å². The first kappa shape index (κ1) is 16.0. The van der Waals surface area contributed by atoms with E-state index >= 15 is 0 Å². The molecule has 1 heterocycles. The molecule has 21 heavy (non-hydrogen) atoms. The van der Waals surface area contributed by atoms with E-state index in [1.807, 2.05) is 4.90 Å². The van der Waals surface area contributed by atoms with Crippen molar-refractivity contribution in [2.24, 2.45) is 5.92 Å². The van der Waals surface area contributed by atoms with Gasteiger partial charge in [0.15, 0.2) is 0 Å². The highest BCUT2D eigenvalue weighted by atomic mass is 16.2. The second-order valence-corrected chi connectivity index (χ2v) is 6.53. The van der Waals surface area contributed by atoms with Crippen LogP contribution in [0, 0.1) is 26.7 Å². The minimum absolute atomic E-state index is 0.227. The van der Waals surface area contributed by atoms with Crippen molar-refractivity contribution < 1.29 is 4.79 Å². The summed E-state index contributed by atoms with van der Waals surface area (Å²) in [5.74, 6) is 0.785. The van der Waals surface area contributed by atoms with Gasteiger partial charge in [0, 0.05) is 19.5 Å². The molecule has 0 aliphatic carbocycles. The molecule has 116 valence electrons. The fourth-order valence-corrected chi connectivity index (χ4v) is 3.61. The van der Waals surface area contributed by atoms with Crippen LogP contribution in [0.25, 0.3) is 0 Å². The topological polar surface area (TPSA) is 32.3 Å². The van der Waals surface area contributed by atoms with E-state index in [1.54, 1.807) is 0 Å². The third kappa shape index (κ3) is 3.65. The van der Waals surface area contributed by atoms with Crippen molar-refractivity contribution in [3.8, 4) is 0 Å². The monoisotopic (exact) mass is 288 g/mol. The minimum atomic E-state index is 0.227. The maximum Gasteiger partial charge on any atom is 0.222 e. The van der Waals surface area contributed by atoms with E-state index in [1.165, 1.54) is 22.3 Å². The number of benzene rings is 1. The molecule has 1 aliphatic heterocycles. The minimum Gasteiger partial charge on any atom is -0.340 e. The molecule has 2 unspecified atom stereocenters. The van der Waals surface area contributed by atoms with Gasteiger partial charge in [-0.3, -0.25) is 4.79 Å². The van der Waals surface area contributed by atoms with Crippen molar-refractivity contribution in [3.63, 3.8) is 0 Å². The molecule has 2 atom stereocenters. The lowest BCUT2D eigenvalue weighted by Gasteiger charge is -2.28. The Morgan fingerprint density at radius 2 is 1.90 bits per heavy atom. The highest BCUT2D eigenvalue weighted by molar-refractivity contribution is 5.78. The number of amides is 1. The summed E-state index contributed by atoms with van der Waals surface area (Å²) in [6.45, 7) is 13.4. The smallest absolute Gasteiger partial charge is 0.222 e. The number of hydrogen-bond acceptors (Lipinski definition) is 2. The largest absolute Gasteiger partial charge is 0.340 e. The molecule has 0 bridgehead atoms. The number of nitrogens with zero attached hydrogens (tertiary/aromatic N) is 1. The molecule has 3 heteroatoms. The second-order valence-electron chi connectivity index (χ2n) is 6.53. The first-order valence-electron chi connectivity index (χ1n) is 8.01. The predicted molar refractivity (Wildman–Crippen MR) is 87.4 cm³/mol. The van der Waals surface area contributed by atoms with Crippen LogP contribution in [-0.2, 0) is 4.79 Å². The van der Waals surface area contributed by atoms with Gasteiger partial charge in [0.1, 0.15) is 0 Å². The van der Waals surface area contributed by atoms with Gasteiger partial charge in [-0.1, -0.05) is 31.5 Å².